The van der Waals surface area contributed by atoms with Crippen LogP contribution in [0.25, 0.3) is 28.1 Å². The highest BCUT2D eigenvalue weighted by Gasteiger charge is 2.05. The van der Waals surface area contributed by atoms with Gasteiger partial charge in [0.05, 0.1) is 12.6 Å². The normalized spacial score (nSPS) is 11.0. The van der Waals surface area contributed by atoms with Gasteiger partial charge in [-0.25, -0.2) is 4.79 Å². The predicted octanol–water partition coefficient (Wildman–Crippen LogP) is 3.48. The van der Waals surface area contributed by atoms with Crippen LogP contribution in [0.5, 0.6) is 0 Å². The molecule has 0 aliphatic heterocycles. The van der Waals surface area contributed by atoms with Crippen molar-refractivity contribution in [2.75, 3.05) is 7.11 Å². The Morgan fingerprint density at radius 3 is 2.68 bits per heavy atom. The van der Waals surface area contributed by atoms with Gasteiger partial charge in [0.15, 0.2) is 0 Å². The van der Waals surface area contributed by atoms with Crippen LogP contribution in [0.3, 0.4) is 0 Å². The van der Waals surface area contributed by atoms with Crippen LogP contribution in [0.4, 0.5) is 0 Å². The van der Waals surface area contributed by atoms with Crippen molar-refractivity contribution >= 4 is 22.9 Å². The Morgan fingerprint density at radius 2 is 1.91 bits per heavy atom. The zero-order valence-corrected chi connectivity index (χ0v) is 12.1. The molecule has 0 saturated carbocycles. The van der Waals surface area contributed by atoms with Gasteiger partial charge in [0.25, 0.3) is 0 Å². The van der Waals surface area contributed by atoms with Gasteiger partial charge < -0.3 is 4.74 Å². The number of fused-ring (bicyclic) bond motifs is 1. The van der Waals surface area contributed by atoms with Crippen molar-refractivity contribution in [3.8, 4) is 11.1 Å². The number of methoxy groups -OCH3 is 1. The lowest BCUT2D eigenvalue weighted by Gasteiger charge is -2.07. The molecule has 0 aliphatic rings. The number of hydrogen-bond donors (Lipinski definition) is 0. The molecule has 3 rings (SSSR count). The SMILES string of the molecule is COC(=O)C=Cc1ccc2nccc(-c3ccncc3)c2c1. The maximum atomic E-state index is 11.2. The molecule has 0 N–H and O–H groups in total. The first kappa shape index (κ1) is 13.9. The third kappa shape index (κ3) is 2.86. The largest absolute Gasteiger partial charge is 0.466 e. The molecule has 0 fully saturated rings. The molecule has 0 spiro atoms. The second kappa shape index (κ2) is 6.18. The Labute approximate surface area is 128 Å². The molecule has 2 heterocycles. The number of carbonyl (C=O) groups excluding carboxylic acids is 1. The van der Waals surface area contributed by atoms with E-state index in [0.29, 0.717) is 0 Å². The van der Waals surface area contributed by atoms with Crippen molar-refractivity contribution in [3.63, 3.8) is 0 Å². The molecule has 1 aromatic carbocycles. The van der Waals surface area contributed by atoms with E-state index < -0.39 is 0 Å². The summed E-state index contributed by atoms with van der Waals surface area (Å²) in [7, 11) is 1.36. The molecule has 0 unspecified atom stereocenters. The molecular formula is C18H14N2O2. The van der Waals surface area contributed by atoms with Gasteiger partial charge in [-0.2, -0.15) is 0 Å². The van der Waals surface area contributed by atoms with Gasteiger partial charge in [-0.3, -0.25) is 9.97 Å². The zero-order valence-electron chi connectivity index (χ0n) is 12.1. The van der Waals surface area contributed by atoms with Crippen LogP contribution >= 0.6 is 0 Å². The second-order valence-electron chi connectivity index (χ2n) is 4.73. The monoisotopic (exact) mass is 290 g/mol. The standard InChI is InChI=1S/C18H14N2O2/c1-22-18(21)5-3-13-2-4-17-16(12-13)15(8-11-20-17)14-6-9-19-10-7-14/h2-12H,1H3. The van der Waals surface area contributed by atoms with Crippen LogP contribution in [0.2, 0.25) is 0 Å². The van der Waals surface area contributed by atoms with E-state index in [0.717, 1.165) is 27.6 Å². The highest BCUT2D eigenvalue weighted by atomic mass is 16.5. The summed E-state index contributed by atoms with van der Waals surface area (Å²) >= 11 is 0. The lowest BCUT2D eigenvalue weighted by molar-refractivity contribution is -0.134. The summed E-state index contributed by atoms with van der Waals surface area (Å²) in [6.07, 6.45) is 8.46. The Kier molecular flexibility index (Phi) is 3.92. The predicted molar refractivity (Wildman–Crippen MR) is 86.0 cm³/mol. The van der Waals surface area contributed by atoms with E-state index in [9.17, 15) is 4.79 Å². The number of carbonyl (C=O) groups is 1. The van der Waals surface area contributed by atoms with Crippen LogP contribution < -0.4 is 0 Å². The minimum Gasteiger partial charge on any atom is -0.466 e. The van der Waals surface area contributed by atoms with Gasteiger partial charge in [-0.05, 0) is 53.1 Å². The number of ether oxygens (including phenoxy) is 1. The Balaban J connectivity index is 2.10. The van der Waals surface area contributed by atoms with Gasteiger partial charge in [-0.1, -0.05) is 6.07 Å². The van der Waals surface area contributed by atoms with E-state index >= 15 is 0 Å². The fourth-order valence-corrected chi connectivity index (χ4v) is 2.28. The topological polar surface area (TPSA) is 52.1 Å². The molecule has 0 bridgehead atoms. The molecule has 0 aliphatic carbocycles. The third-order valence-corrected chi connectivity index (χ3v) is 3.37. The van der Waals surface area contributed by atoms with Crippen LogP contribution in [0.1, 0.15) is 5.56 Å². The Hall–Kier alpha value is -3.01. The van der Waals surface area contributed by atoms with E-state index in [2.05, 4.69) is 14.7 Å². The summed E-state index contributed by atoms with van der Waals surface area (Å²) in [6.45, 7) is 0. The smallest absolute Gasteiger partial charge is 0.330 e. The highest BCUT2D eigenvalue weighted by Crippen LogP contribution is 2.27. The number of esters is 1. The summed E-state index contributed by atoms with van der Waals surface area (Å²) in [4.78, 5) is 19.6. The molecule has 4 heteroatoms. The van der Waals surface area contributed by atoms with Gasteiger partial charge in [0.1, 0.15) is 0 Å². The van der Waals surface area contributed by atoms with E-state index in [-0.39, 0.29) is 5.97 Å². The molecule has 0 radical (unpaired) electrons. The fraction of sp³-hybridized carbons (Fsp3) is 0.0556. The molecule has 0 amide bonds. The lowest BCUT2D eigenvalue weighted by Crippen LogP contribution is -1.93. The number of benzene rings is 1. The van der Waals surface area contributed by atoms with Gasteiger partial charge in [0.2, 0.25) is 0 Å². The van der Waals surface area contributed by atoms with Crippen molar-refractivity contribution < 1.29 is 9.53 Å². The molecular weight excluding hydrogens is 276 g/mol. The summed E-state index contributed by atoms with van der Waals surface area (Å²) in [5.74, 6) is -0.374. The maximum Gasteiger partial charge on any atom is 0.330 e. The van der Waals surface area contributed by atoms with Crippen molar-refractivity contribution in [2.45, 2.75) is 0 Å². The van der Waals surface area contributed by atoms with Crippen LogP contribution in [-0.4, -0.2) is 23.0 Å². The number of nitrogens with zero attached hydrogens (tertiary/aromatic N) is 2. The molecule has 22 heavy (non-hydrogen) atoms. The number of hydrogen-bond acceptors (Lipinski definition) is 4. The van der Waals surface area contributed by atoms with Crippen LogP contribution in [0.15, 0.2) is 61.1 Å². The second-order valence-corrected chi connectivity index (χ2v) is 4.73. The minimum absolute atomic E-state index is 0.374. The highest BCUT2D eigenvalue weighted by molar-refractivity contribution is 5.96. The molecule has 4 nitrogen and oxygen atoms in total. The van der Waals surface area contributed by atoms with Crippen molar-refractivity contribution in [2.24, 2.45) is 0 Å². The maximum absolute atomic E-state index is 11.2. The molecule has 0 atom stereocenters. The lowest BCUT2D eigenvalue weighted by atomic mass is 10.0. The van der Waals surface area contributed by atoms with E-state index in [1.807, 2.05) is 36.4 Å². The third-order valence-electron chi connectivity index (χ3n) is 3.37. The van der Waals surface area contributed by atoms with Gasteiger partial charge >= 0.3 is 5.97 Å². The first-order valence-corrected chi connectivity index (χ1v) is 6.83. The number of rotatable bonds is 3. The summed E-state index contributed by atoms with van der Waals surface area (Å²) in [6, 6.07) is 11.8. The van der Waals surface area contributed by atoms with Crippen molar-refractivity contribution in [1.29, 1.82) is 0 Å². The van der Waals surface area contributed by atoms with Crippen LogP contribution in [-0.2, 0) is 9.53 Å². The summed E-state index contributed by atoms with van der Waals surface area (Å²) < 4.78 is 4.61. The fourth-order valence-electron chi connectivity index (χ4n) is 2.28. The Morgan fingerprint density at radius 1 is 1.09 bits per heavy atom. The summed E-state index contributed by atoms with van der Waals surface area (Å²) in [5, 5.41) is 1.03. The molecule has 3 aromatic rings. The first-order valence-electron chi connectivity index (χ1n) is 6.83. The van der Waals surface area contributed by atoms with Gasteiger partial charge in [-0.15, -0.1) is 0 Å². The minimum atomic E-state index is -0.374. The first-order chi connectivity index (χ1) is 10.8. The van der Waals surface area contributed by atoms with Crippen LogP contribution in [0, 0.1) is 0 Å². The number of aromatic nitrogens is 2. The van der Waals surface area contributed by atoms with Crippen molar-refractivity contribution in [3.05, 3.63) is 66.6 Å². The average Bonchev–Trinajstić information content (AvgIpc) is 2.59. The summed E-state index contributed by atoms with van der Waals surface area (Å²) in [5.41, 5.74) is 3.99. The zero-order chi connectivity index (χ0) is 15.4. The quantitative estimate of drug-likeness (QED) is 0.547. The average molecular weight is 290 g/mol. The van der Waals surface area contributed by atoms with Crippen molar-refractivity contribution in [1.82, 2.24) is 9.97 Å². The van der Waals surface area contributed by atoms with E-state index in [1.54, 1.807) is 24.7 Å². The van der Waals surface area contributed by atoms with E-state index in [4.69, 9.17) is 0 Å². The molecule has 2 aromatic heterocycles. The molecule has 108 valence electrons. The molecule has 0 saturated heterocycles. The van der Waals surface area contributed by atoms with Gasteiger partial charge in [0, 0.05) is 30.1 Å². The van der Waals surface area contributed by atoms with E-state index in [1.165, 1.54) is 13.2 Å². The Bertz CT molecular complexity index is 842. The number of pyridine rings is 2.